The van der Waals surface area contributed by atoms with E-state index in [4.69, 9.17) is 0 Å². The second kappa shape index (κ2) is 7.25. The molecule has 0 aliphatic heterocycles. The van der Waals surface area contributed by atoms with E-state index in [0.717, 1.165) is 37.2 Å². The third-order valence-electron chi connectivity index (χ3n) is 4.20. The van der Waals surface area contributed by atoms with Crippen molar-refractivity contribution >= 4 is 11.8 Å². The zero-order valence-electron chi connectivity index (χ0n) is 12.8. The zero-order valence-corrected chi connectivity index (χ0v) is 12.8. The third-order valence-corrected chi connectivity index (χ3v) is 4.20. The molecule has 1 saturated carbocycles. The van der Waals surface area contributed by atoms with Gasteiger partial charge in [0.05, 0.1) is 6.04 Å². The van der Waals surface area contributed by atoms with Gasteiger partial charge in [-0.15, -0.1) is 0 Å². The van der Waals surface area contributed by atoms with Gasteiger partial charge in [0.2, 0.25) is 0 Å². The van der Waals surface area contributed by atoms with E-state index in [1.807, 2.05) is 37.3 Å². The quantitative estimate of drug-likeness (QED) is 0.840. The Morgan fingerprint density at radius 1 is 1.05 bits per heavy atom. The van der Waals surface area contributed by atoms with Crippen LogP contribution in [0.25, 0.3) is 0 Å². The summed E-state index contributed by atoms with van der Waals surface area (Å²) in [5.41, 5.74) is 0.991. The molecule has 1 aromatic rings. The Hall–Kier alpha value is -1.84. The number of hydrogen-bond acceptors (Lipinski definition) is 2. The van der Waals surface area contributed by atoms with Crippen LogP contribution in [0.4, 0.5) is 0 Å². The predicted octanol–water partition coefficient (Wildman–Crippen LogP) is 2.56. The summed E-state index contributed by atoms with van der Waals surface area (Å²) in [6, 6.07) is 9.61. The summed E-state index contributed by atoms with van der Waals surface area (Å²) in [4.78, 5) is 23.9. The lowest BCUT2D eigenvalue weighted by atomic mass is 9.87. The lowest BCUT2D eigenvalue weighted by Gasteiger charge is -2.26. The Morgan fingerprint density at radius 2 is 1.67 bits per heavy atom. The Kier molecular flexibility index (Phi) is 5.37. The van der Waals surface area contributed by atoms with Gasteiger partial charge in [-0.25, -0.2) is 0 Å². The summed E-state index contributed by atoms with van der Waals surface area (Å²) in [5.74, 6) is -0.340. The van der Waals surface area contributed by atoms with Crippen LogP contribution in [0.15, 0.2) is 30.3 Å². The van der Waals surface area contributed by atoms with Crippen LogP contribution in [0.1, 0.15) is 51.1 Å². The van der Waals surface area contributed by atoms with Gasteiger partial charge in [0.15, 0.2) is 0 Å². The first kappa shape index (κ1) is 15.5. The van der Waals surface area contributed by atoms with E-state index in [9.17, 15) is 9.59 Å². The molecule has 1 aromatic carbocycles. The van der Waals surface area contributed by atoms with Crippen molar-refractivity contribution in [1.82, 2.24) is 10.6 Å². The van der Waals surface area contributed by atoms with Crippen LogP contribution in [-0.4, -0.2) is 17.9 Å². The van der Waals surface area contributed by atoms with Crippen LogP contribution in [-0.2, 0) is 9.59 Å². The van der Waals surface area contributed by atoms with E-state index in [0.29, 0.717) is 0 Å². The zero-order chi connectivity index (χ0) is 15.2. The normalized spacial score (nSPS) is 23.1. The topological polar surface area (TPSA) is 58.2 Å². The number of benzene rings is 1. The highest BCUT2D eigenvalue weighted by Crippen LogP contribution is 2.23. The van der Waals surface area contributed by atoms with Gasteiger partial charge in [-0.3, -0.25) is 9.59 Å². The van der Waals surface area contributed by atoms with Crippen LogP contribution in [0.2, 0.25) is 0 Å². The van der Waals surface area contributed by atoms with Gasteiger partial charge < -0.3 is 10.6 Å². The SMILES string of the molecule is CC1CCC(NC(=O)C(=O)N[C@@H](C)c2ccccc2)CC1. The highest BCUT2D eigenvalue weighted by atomic mass is 16.2. The molecule has 0 spiro atoms. The van der Waals surface area contributed by atoms with Crippen molar-refractivity contribution in [2.75, 3.05) is 0 Å². The smallest absolute Gasteiger partial charge is 0.309 e. The number of amides is 2. The van der Waals surface area contributed by atoms with E-state index in [2.05, 4.69) is 17.6 Å². The fourth-order valence-corrected chi connectivity index (χ4v) is 2.74. The molecule has 0 bridgehead atoms. The van der Waals surface area contributed by atoms with Gasteiger partial charge in [0, 0.05) is 6.04 Å². The minimum atomic E-state index is -0.551. The van der Waals surface area contributed by atoms with Crippen molar-refractivity contribution in [1.29, 1.82) is 0 Å². The molecule has 1 aliphatic rings. The second-order valence-electron chi connectivity index (χ2n) is 6.04. The Morgan fingerprint density at radius 3 is 2.29 bits per heavy atom. The summed E-state index contributed by atoms with van der Waals surface area (Å²) in [6.45, 7) is 4.11. The van der Waals surface area contributed by atoms with Crippen LogP contribution < -0.4 is 10.6 Å². The standard InChI is InChI=1S/C17H24N2O2/c1-12-8-10-15(11-9-12)19-17(21)16(20)18-13(2)14-6-4-3-5-7-14/h3-7,12-13,15H,8-11H2,1-2H3,(H,18,20)(H,19,21)/t12?,13-,15?/m0/s1. The first-order chi connectivity index (χ1) is 10.1. The van der Waals surface area contributed by atoms with Crippen molar-refractivity contribution in [2.45, 2.75) is 51.6 Å². The number of carbonyl (C=O) groups excluding carboxylic acids is 2. The molecule has 0 aromatic heterocycles. The maximum absolute atomic E-state index is 11.9. The lowest BCUT2D eigenvalue weighted by molar-refractivity contribution is -0.140. The maximum atomic E-state index is 11.9. The third kappa shape index (κ3) is 4.59. The van der Waals surface area contributed by atoms with Crippen LogP contribution in [0, 0.1) is 5.92 Å². The molecule has 1 aliphatic carbocycles. The highest BCUT2D eigenvalue weighted by Gasteiger charge is 2.23. The summed E-state index contributed by atoms with van der Waals surface area (Å²) < 4.78 is 0. The Labute approximate surface area is 126 Å². The molecule has 2 rings (SSSR count). The summed E-state index contributed by atoms with van der Waals surface area (Å²) >= 11 is 0. The molecule has 2 N–H and O–H groups in total. The van der Waals surface area contributed by atoms with Crippen molar-refractivity contribution in [3.63, 3.8) is 0 Å². The largest absolute Gasteiger partial charge is 0.345 e. The lowest BCUT2D eigenvalue weighted by Crippen LogP contribution is -2.46. The van der Waals surface area contributed by atoms with Crippen LogP contribution >= 0.6 is 0 Å². The molecule has 21 heavy (non-hydrogen) atoms. The molecule has 0 radical (unpaired) electrons. The van der Waals surface area contributed by atoms with E-state index < -0.39 is 11.8 Å². The number of rotatable bonds is 3. The molecule has 114 valence electrons. The molecule has 1 fully saturated rings. The number of hydrogen-bond donors (Lipinski definition) is 2. The second-order valence-corrected chi connectivity index (χ2v) is 6.04. The van der Waals surface area contributed by atoms with Crippen LogP contribution in [0.5, 0.6) is 0 Å². The average Bonchev–Trinajstić information content (AvgIpc) is 2.50. The fraction of sp³-hybridized carbons (Fsp3) is 0.529. The highest BCUT2D eigenvalue weighted by molar-refractivity contribution is 6.35. The molecule has 2 amide bonds. The molecule has 1 atom stereocenters. The van der Waals surface area contributed by atoms with Gasteiger partial charge in [0.1, 0.15) is 0 Å². The van der Waals surface area contributed by atoms with Crippen molar-refractivity contribution in [3.8, 4) is 0 Å². The minimum absolute atomic E-state index is 0.145. The molecule has 4 heteroatoms. The summed E-state index contributed by atoms with van der Waals surface area (Å²) in [5, 5.41) is 5.59. The number of nitrogens with one attached hydrogen (secondary N) is 2. The molecular weight excluding hydrogens is 264 g/mol. The predicted molar refractivity (Wildman–Crippen MR) is 82.6 cm³/mol. The molecule has 0 saturated heterocycles. The first-order valence-corrected chi connectivity index (χ1v) is 7.72. The van der Waals surface area contributed by atoms with Gasteiger partial charge in [-0.05, 0) is 44.1 Å². The van der Waals surface area contributed by atoms with E-state index in [1.54, 1.807) is 0 Å². The maximum Gasteiger partial charge on any atom is 0.309 e. The Bertz CT molecular complexity index is 479. The van der Waals surface area contributed by atoms with Gasteiger partial charge in [0.25, 0.3) is 0 Å². The molecule has 0 unspecified atom stereocenters. The number of carbonyl (C=O) groups is 2. The van der Waals surface area contributed by atoms with E-state index in [-0.39, 0.29) is 12.1 Å². The van der Waals surface area contributed by atoms with Gasteiger partial charge >= 0.3 is 11.8 Å². The van der Waals surface area contributed by atoms with Crippen molar-refractivity contribution in [2.24, 2.45) is 5.92 Å². The average molecular weight is 288 g/mol. The minimum Gasteiger partial charge on any atom is -0.345 e. The van der Waals surface area contributed by atoms with Gasteiger partial charge in [-0.1, -0.05) is 37.3 Å². The van der Waals surface area contributed by atoms with Gasteiger partial charge in [-0.2, -0.15) is 0 Å². The van der Waals surface area contributed by atoms with E-state index in [1.165, 1.54) is 0 Å². The molecular formula is C17H24N2O2. The van der Waals surface area contributed by atoms with Crippen molar-refractivity contribution < 1.29 is 9.59 Å². The fourth-order valence-electron chi connectivity index (χ4n) is 2.74. The Balaban J connectivity index is 1.81. The monoisotopic (exact) mass is 288 g/mol. The molecule has 4 nitrogen and oxygen atoms in total. The van der Waals surface area contributed by atoms with Crippen molar-refractivity contribution in [3.05, 3.63) is 35.9 Å². The molecule has 0 heterocycles. The van der Waals surface area contributed by atoms with Crippen LogP contribution in [0.3, 0.4) is 0 Å². The van der Waals surface area contributed by atoms with E-state index >= 15 is 0 Å². The summed E-state index contributed by atoms with van der Waals surface area (Å²) in [7, 11) is 0. The first-order valence-electron chi connectivity index (χ1n) is 7.72. The summed E-state index contributed by atoms with van der Waals surface area (Å²) in [6.07, 6.45) is 4.17.